The first-order valence-electron chi connectivity index (χ1n) is 11.3. The number of hydrogen-bond donors (Lipinski definition) is 1. The third-order valence-corrected chi connectivity index (χ3v) is 7.25. The van der Waals surface area contributed by atoms with Crippen LogP contribution in [-0.4, -0.2) is 32.9 Å². The van der Waals surface area contributed by atoms with Crippen LogP contribution in [0.1, 0.15) is 55.6 Å². The van der Waals surface area contributed by atoms with Gasteiger partial charge in [0.05, 0.1) is 24.9 Å². The highest BCUT2D eigenvalue weighted by molar-refractivity contribution is 6.02. The Morgan fingerprint density at radius 3 is 2.81 bits per heavy atom. The molecular formula is C25H28FN3O3. The summed E-state index contributed by atoms with van der Waals surface area (Å²) in [6.45, 7) is 4.23. The average molecular weight is 438 g/mol. The molecule has 32 heavy (non-hydrogen) atoms. The van der Waals surface area contributed by atoms with Gasteiger partial charge in [-0.15, -0.1) is 0 Å². The predicted octanol–water partition coefficient (Wildman–Crippen LogP) is 4.48. The van der Waals surface area contributed by atoms with E-state index in [-0.39, 0.29) is 30.9 Å². The molecule has 0 saturated heterocycles. The molecule has 0 unspecified atom stereocenters. The Balaban J connectivity index is 1.54. The van der Waals surface area contributed by atoms with E-state index >= 15 is 0 Å². The number of benzene rings is 1. The van der Waals surface area contributed by atoms with Crippen LogP contribution < -0.4 is 5.32 Å². The zero-order chi connectivity index (χ0) is 22.5. The largest absolute Gasteiger partial charge is 0.463 e. The summed E-state index contributed by atoms with van der Waals surface area (Å²) in [5, 5.41) is 3.23. The Kier molecular flexibility index (Phi) is 5.07. The summed E-state index contributed by atoms with van der Waals surface area (Å²) in [5.41, 5.74) is 1.04. The maximum absolute atomic E-state index is 14.5. The topological polar surface area (TPSA) is 67.5 Å². The summed E-state index contributed by atoms with van der Waals surface area (Å²) >= 11 is 0. The number of fused-ring (bicyclic) bond motifs is 3. The van der Waals surface area contributed by atoms with Crippen LogP contribution in [0.4, 0.5) is 4.39 Å². The Morgan fingerprint density at radius 1 is 1.25 bits per heavy atom. The molecule has 3 aromatic rings. The van der Waals surface area contributed by atoms with E-state index in [1.807, 2.05) is 4.57 Å². The second-order valence-electron chi connectivity index (χ2n) is 9.38. The maximum atomic E-state index is 14.5. The van der Waals surface area contributed by atoms with Crippen molar-refractivity contribution in [2.45, 2.75) is 64.2 Å². The molecule has 7 heteroatoms. The van der Waals surface area contributed by atoms with Gasteiger partial charge >= 0.3 is 0 Å². The van der Waals surface area contributed by atoms with E-state index in [2.05, 4.69) is 12.2 Å². The third-order valence-electron chi connectivity index (χ3n) is 7.25. The first kappa shape index (κ1) is 20.8. The molecule has 1 saturated carbocycles. The van der Waals surface area contributed by atoms with Gasteiger partial charge in [0, 0.05) is 23.7 Å². The molecule has 2 aliphatic rings. The zero-order valence-electron chi connectivity index (χ0n) is 18.4. The molecule has 0 spiro atoms. The van der Waals surface area contributed by atoms with Gasteiger partial charge in [-0.25, -0.2) is 4.39 Å². The lowest BCUT2D eigenvalue weighted by Crippen LogP contribution is -2.65. The van der Waals surface area contributed by atoms with Gasteiger partial charge in [0.2, 0.25) is 5.91 Å². The minimum absolute atomic E-state index is 0.0161. The molecule has 0 bridgehead atoms. The van der Waals surface area contributed by atoms with Gasteiger partial charge in [-0.3, -0.25) is 9.59 Å². The molecule has 1 N–H and O–H groups in total. The lowest BCUT2D eigenvalue weighted by Gasteiger charge is -2.45. The summed E-state index contributed by atoms with van der Waals surface area (Å²) < 4.78 is 21.9. The van der Waals surface area contributed by atoms with Crippen molar-refractivity contribution in [1.29, 1.82) is 0 Å². The fourth-order valence-corrected chi connectivity index (χ4v) is 5.17. The van der Waals surface area contributed by atoms with Gasteiger partial charge < -0.3 is 19.2 Å². The minimum Gasteiger partial charge on any atom is -0.463 e. The fourth-order valence-electron chi connectivity index (χ4n) is 5.17. The highest BCUT2D eigenvalue weighted by Crippen LogP contribution is 2.35. The van der Waals surface area contributed by atoms with Crippen molar-refractivity contribution in [3.63, 3.8) is 0 Å². The van der Waals surface area contributed by atoms with E-state index in [0.717, 1.165) is 24.8 Å². The number of nitrogens with zero attached hydrogens (tertiary/aromatic N) is 2. The van der Waals surface area contributed by atoms with E-state index in [1.165, 1.54) is 17.4 Å². The number of rotatable bonds is 4. The molecule has 3 heterocycles. The van der Waals surface area contributed by atoms with E-state index in [4.69, 9.17) is 4.42 Å². The Labute approximate surface area is 186 Å². The van der Waals surface area contributed by atoms with Gasteiger partial charge in [-0.05, 0) is 31.7 Å². The van der Waals surface area contributed by atoms with Crippen LogP contribution in [-0.2, 0) is 17.9 Å². The number of carbonyl (C=O) groups is 2. The van der Waals surface area contributed by atoms with Crippen molar-refractivity contribution in [3.8, 4) is 0 Å². The zero-order valence-corrected chi connectivity index (χ0v) is 18.4. The molecule has 168 valence electrons. The van der Waals surface area contributed by atoms with Crippen LogP contribution in [0.25, 0.3) is 11.1 Å². The molecule has 1 fully saturated rings. The molecule has 6 nitrogen and oxygen atoms in total. The summed E-state index contributed by atoms with van der Waals surface area (Å²) in [5.74, 6) is -0.505. The number of furan rings is 1. The lowest BCUT2D eigenvalue weighted by molar-refractivity contribution is -0.134. The molecular weight excluding hydrogens is 409 g/mol. The second-order valence-corrected chi connectivity index (χ2v) is 9.38. The van der Waals surface area contributed by atoms with Crippen molar-refractivity contribution < 1.29 is 18.4 Å². The minimum atomic E-state index is -1.17. The molecule has 5 rings (SSSR count). The number of nitrogens with one attached hydrogen (secondary N) is 1. The average Bonchev–Trinajstić information content (AvgIpc) is 3.36. The quantitative estimate of drug-likeness (QED) is 0.654. The SMILES string of the molecule is C[C@@H]1CCCC[C@@H]1NC(=O)[C@]1(C)Cn2c(cc3occc32)C(=O)N1Cc1ccccc1F. The highest BCUT2D eigenvalue weighted by Gasteiger charge is 2.48. The van der Waals surface area contributed by atoms with E-state index in [9.17, 15) is 14.0 Å². The Bertz CT molecular complexity index is 1180. The maximum Gasteiger partial charge on any atom is 0.271 e. The predicted molar refractivity (Wildman–Crippen MR) is 118 cm³/mol. The van der Waals surface area contributed by atoms with Crippen molar-refractivity contribution in [1.82, 2.24) is 14.8 Å². The highest BCUT2D eigenvalue weighted by atomic mass is 19.1. The van der Waals surface area contributed by atoms with Crippen molar-refractivity contribution in [3.05, 3.63) is 59.7 Å². The molecule has 1 aliphatic carbocycles. The molecule has 1 aliphatic heterocycles. The van der Waals surface area contributed by atoms with Crippen molar-refractivity contribution >= 4 is 22.9 Å². The first-order valence-corrected chi connectivity index (χ1v) is 11.3. The molecule has 2 aromatic heterocycles. The number of aromatic nitrogens is 1. The van der Waals surface area contributed by atoms with Gasteiger partial charge in [0.1, 0.15) is 17.1 Å². The van der Waals surface area contributed by atoms with Gasteiger partial charge in [0.15, 0.2) is 5.58 Å². The Morgan fingerprint density at radius 2 is 2.03 bits per heavy atom. The van der Waals surface area contributed by atoms with Gasteiger partial charge in [0.25, 0.3) is 5.91 Å². The van der Waals surface area contributed by atoms with Crippen LogP contribution in [0.3, 0.4) is 0 Å². The molecule has 3 atom stereocenters. The number of carbonyl (C=O) groups excluding carboxylic acids is 2. The summed E-state index contributed by atoms with van der Waals surface area (Å²) in [4.78, 5) is 28.9. The van der Waals surface area contributed by atoms with Crippen LogP contribution in [0, 0.1) is 11.7 Å². The van der Waals surface area contributed by atoms with Crippen LogP contribution >= 0.6 is 0 Å². The van der Waals surface area contributed by atoms with E-state index < -0.39 is 11.4 Å². The number of hydrogen-bond acceptors (Lipinski definition) is 3. The lowest BCUT2D eigenvalue weighted by atomic mass is 9.85. The standard InChI is InChI=1S/C25H28FN3O3/c1-16-7-3-6-10-19(16)27-24(31)25(2)15-28-20-11-12-32-22(20)13-21(28)23(30)29(25)14-17-8-4-5-9-18(17)26/h4-5,8-9,11-13,16,19H,3,6-7,10,14-15H2,1-2H3,(H,27,31)/t16-,19+,25+/m1/s1. The van der Waals surface area contributed by atoms with E-state index in [1.54, 1.807) is 43.5 Å². The monoisotopic (exact) mass is 437 g/mol. The third kappa shape index (κ3) is 3.31. The molecule has 2 amide bonds. The Hall–Kier alpha value is -3.09. The smallest absolute Gasteiger partial charge is 0.271 e. The van der Waals surface area contributed by atoms with Crippen LogP contribution in [0.5, 0.6) is 0 Å². The van der Waals surface area contributed by atoms with Gasteiger partial charge in [-0.1, -0.05) is 38.0 Å². The molecule has 0 radical (unpaired) electrons. The summed E-state index contributed by atoms with van der Waals surface area (Å²) in [6, 6.07) is 9.98. The normalized spacial score (nSPS) is 25.7. The number of amides is 2. The summed E-state index contributed by atoms with van der Waals surface area (Å²) in [7, 11) is 0. The van der Waals surface area contributed by atoms with Gasteiger partial charge in [-0.2, -0.15) is 0 Å². The van der Waals surface area contributed by atoms with Crippen molar-refractivity contribution in [2.75, 3.05) is 0 Å². The first-order chi connectivity index (χ1) is 15.4. The second kappa shape index (κ2) is 7.80. The van der Waals surface area contributed by atoms with E-state index in [0.29, 0.717) is 22.8 Å². The van der Waals surface area contributed by atoms with Crippen LogP contribution in [0.2, 0.25) is 0 Å². The van der Waals surface area contributed by atoms with Crippen molar-refractivity contribution in [2.24, 2.45) is 5.92 Å². The summed E-state index contributed by atoms with van der Waals surface area (Å²) in [6.07, 6.45) is 5.85. The van der Waals surface area contributed by atoms with Crippen LogP contribution in [0.15, 0.2) is 47.1 Å². The number of halogens is 1. The fraction of sp³-hybridized carbons (Fsp3) is 0.440. The molecule has 1 aromatic carbocycles.